The van der Waals surface area contributed by atoms with E-state index in [1.54, 1.807) is 32.0 Å². The lowest BCUT2D eigenvalue weighted by Gasteiger charge is -2.29. The summed E-state index contributed by atoms with van der Waals surface area (Å²) in [7, 11) is -4.49. The summed E-state index contributed by atoms with van der Waals surface area (Å²) in [6.07, 6.45) is -2.84. The monoisotopic (exact) mass is 543 g/mol. The molecule has 2 aromatic rings. The second-order valence-electron chi connectivity index (χ2n) is 9.08. The lowest BCUT2D eigenvalue weighted by atomic mass is 9.92. The van der Waals surface area contributed by atoms with E-state index in [2.05, 4.69) is 10.1 Å². The summed E-state index contributed by atoms with van der Waals surface area (Å²) >= 11 is 0. The summed E-state index contributed by atoms with van der Waals surface area (Å²) in [6.45, 7) is 4.73. The van der Waals surface area contributed by atoms with Gasteiger partial charge in [0.05, 0.1) is 11.6 Å². The lowest BCUT2D eigenvalue weighted by Crippen LogP contribution is -2.55. The van der Waals surface area contributed by atoms with Crippen LogP contribution in [0.1, 0.15) is 33.9 Å². The molecule has 0 saturated carbocycles. The van der Waals surface area contributed by atoms with Crippen LogP contribution in [0, 0.1) is 0 Å². The van der Waals surface area contributed by atoms with E-state index in [4.69, 9.17) is 30.0 Å². The summed E-state index contributed by atoms with van der Waals surface area (Å²) in [5.41, 5.74) is 8.89. The second-order valence-corrected chi connectivity index (χ2v) is 10.8. The highest BCUT2D eigenvalue weighted by Crippen LogP contribution is 2.49. The van der Waals surface area contributed by atoms with E-state index in [0.29, 0.717) is 0 Å². The number of nitrogens with zero attached hydrogens (tertiary/aromatic N) is 2. The number of carbonyl (C=O) groups is 1. The zero-order valence-electron chi connectivity index (χ0n) is 20.7. The van der Waals surface area contributed by atoms with E-state index in [1.807, 2.05) is 0 Å². The molecule has 0 amide bonds. The first-order valence-electron chi connectivity index (χ1n) is 11.3. The van der Waals surface area contributed by atoms with Crippen molar-refractivity contribution in [3.05, 3.63) is 53.1 Å². The van der Waals surface area contributed by atoms with Crippen molar-refractivity contribution in [1.29, 1.82) is 0 Å². The molecule has 37 heavy (non-hydrogen) atoms. The molecule has 1 fully saturated rings. The van der Waals surface area contributed by atoms with Gasteiger partial charge in [-0.3, -0.25) is 13.9 Å². The number of benzene rings is 1. The van der Waals surface area contributed by atoms with Gasteiger partial charge in [-0.05, 0) is 45.9 Å². The molecule has 2 heterocycles. The molecule has 6 atom stereocenters. The van der Waals surface area contributed by atoms with Gasteiger partial charge in [0.25, 0.3) is 5.85 Å². The summed E-state index contributed by atoms with van der Waals surface area (Å²) in [4.78, 5) is 28.1. The van der Waals surface area contributed by atoms with E-state index >= 15 is 4.39 Å². The van der Waals surface area contributed by atoms with Crippen molar-refractivity contribution in [1.82, 2.24) is 14.6 Å². The first-order chi connectivity index (χ1) is 17.2. The zero-order valence-corrected chi connectivity index (χ0v) is 21.6. The molecule has 1 saturated heterocycles. The molecule has 15 heteroatoms. The fourth-order valence-electron chi connectivity index (χ4n) is 3.56. The third kappa shape index (κ3) is 6.53. The number of aliphatic hydroxyl groups is 1. The minimum absolute atomic E-state index is 0.0800. The predicted octanol–water partition coefficient (Wildman–Crippen LogP) is 1.23. The number of esters is 1. The number of aromatic nitrogens is 2. The Hall–Kier alpha value is -2.87. The summed E-state index contributed by atoms with van der Waals surface area (Å²) in [5.74, 6) is -3.80. The average Bonchev–Trinajstić information content (AvgIpc) is 2.98. The number of hydrogen-bond donors (Lipinski definition) is 4. The molecule has 1 unspecified atom stereocenters. The van der Waals surface area contributed by atoms with E-state index in [-0.39, 0.29) is 11.6 Å². The molecule has 0 bridgehead atoms. The maximum Gasteiger partial charge on any atom is 0.459 e. The first-order valence-corrected chi connectivity index (χ1v) is 12.9. The number of hydrogen-bond acceptors (Lipinski definition) is 11. The predicted molar refractivity (Wildman–Crippen MR) is 130 cm³/mol. The number of para-hydroxylation sites is 1. The summed E-state index contributed by atoms with van der Waals surface area (Å²) < 4.78 is 51.7. The van der Waals surface area contributed by atoms with Crippen molar-refractivity contribution in [2.45, 2.75) is 63.6 Å². The van der Waals surface area contributed by atoms with E-state index in [1.165, 1.54) is 38.2 Å². The molecule has 1 aliphatic heterocycles. The summed E-state index contributed by atoms with van der Waals surface area (Å²) in [5, 5.41) is 13.1. The van der Waals surface area contributed by atoms with Crippen LogP contribution < -0.4 is 26.8 Å². The summed E-state index contributed by atoms with van der Waals surface area (Å²) in [6, 6.07) is 7.89. The number of carbonyl (C=O) groups excluding carboxylic acids is 1. The number of alkyl halides is 1. The minimum Gasteiger partial charge on any atom is -0.462 e. The smallest absolute Gasteiger partial charge is 0.459 e. The van der Waals surface area contributed by atoms with Crippen LogP contribution in [0.25, 0.3) is 0 Å². The Kier molecular flexibility index (Phi) is 8.42. The Morgan fingerprint density at radius 2 is 1.97 bits per heavy atom. The normalized spacial score (nSPS) is 28.0. The van der Waals surface area contributed by atoms with Crippen LogP contribution >= 0.6 is 7.75 Å². The molecule has 13 nitrogen and oxygen atoms in total. The van der Waals surface area contributed by atoms with Gasteiger partial charge in [-0.25, -0.2) is 13.8 Å². The number of ether oxygens (including phenoxy) is 2. The largest absolute Gasteiger partial charge is 0.462 e. The number of anilines is 1. The fraction of sp³-hybridized carbons (Fsp3) is 0.500. The SMILES string of the molecule is CC(C)OC(=O)[C@H](C)NP(=O)(OC[C@@]1(F)O[C@@H](n2ccc(N)nc2=O)[C@](C)(N)[C@@H]1O)Oc1ccccc1. The highest BCUT2D eigenvalue weighted by atomic mass is 31.2. The van der Waals surface area contributed by atoms with Crippen LogP contribution in [0.5, 0.6) is 5.75 Å². The maximum absolute atomic E-state index is 16.0. The molecule has 1 aliphatic rings. The third-order valence-electron chi connectivity index (χ3n) is 5.40. The van der Waals surface area contributed by atoms with Gasteiger partial charge < -0.3 is 30.6 Å². The van der Waals surface area contributed by atoms with Gasteiger partial charge in [-0.1, -0.05) is 18.2 Å². The molecule has 204 valence electrons. The van der Waals surface area contributed by atoms with Crippen LogP contribution in [0.3, 0.4) is 0 Å². The molecule has 1 aromatic heterocycles. The highest BCUT2D eigenvalue weighted by molar-refractivity contribution is 7.52. The topological polar surface area (TPSA) is 190 Å². The van der Waals surface area contributed by atoms with Crippen molar-refractivity contribution in [2.24, 2.45) is 5.73 Å². The van der Waals surface area contributed by atoms with Crippen molar-refractivity contribution < 1.29 is 37.4 Å². The molecule has 3 rings (SSSR count). The highest BCUT2D eigenvalue weighted by Gasteiger charge is 2.62. The number of nitrogen functional groups attached to an aromatic ring is 1. The number of nitrogens with one attached hydrogen (secondary N) is 1. The molecular formula is C22H31FN5O8P. The van der Waals surface area contributed by atoms with Gasteiger partial charge in [0.2, 0.25) is 0 Å². The van der Waals surface area contributed by atoms with Crippen LogP contribution in [0.2, 0.25) is 0 Å². The third-order valence-corrected chi connectivity index (χ3v) is 7.02. The average molecular weight is 543 g/mol. The molecular weight excluding hydrogens is 512 g/mol. The maximum atomic E-state index is 16.0. The molecule has 0 spiro atoms. The van der Waals surface area contributed by atoms with Gasteiger partial charge >= 0.3 is 19.4 Å². The Morgan fingerprint density at radius 3 is 2.57 bits per heavy atom. The molecule has 6 N–H and O–H groups in total. The van der Waals surface area contributed by atoms with Gasteiger partial charge in [0.15, 0.2) is 6.23 Å². The zero-order chi connectivity index (χ0) is 27.6. The number of rotatable bonds is 10. The Bertz CT molecular complexity index is 1210. The van der Waals surface area contributed by atoms with E-state index in [0.717, 1.165) is 4.57 Å². The molecule has 0 aliphatic carbocycles. The standard InChI is InChI=1S/C22H31FN5O8P/c1-13(2)34-17(29)14(3)27-37(32,36-15-8-6-5-7-9-15)33-12-22(23)18(30)21(4,25)19(35-22)28-11-10-16(24)26-20(28)31/h5-11,13-14,18-19,30H,12,25H2,1-4H3,(H,27,32)(H2,24,26,31)/t14-,18-,19+,21+,22+,37?/m0/s1. The van der Waals surface area contributed by atoms with Gasteiger partial charge in [-0.15, -0.1) is 0 Å². The van der Waals surface area contributed by atoms with Crippen LogP contribution in [0.4, 0.5) is 10.2 Å². The van der Waals surface area contributed by atoms with Crippen molar-refractivity contribution in [3.8, 4) is 5.75 Å². The first kappa shape index (κ1) is 28.7. The minimum atomic E-state index is -4.49. The van der Waals surface area contributed by atoms with Gasteiger partial charge in [0.1, 0.15) is 30.3 Å². The van der Waals surface area contributed by atoms with E-state index < -0.39 is 61.9 Å². The Balaban J connectivity index is 1.85. The van der Waals surface area contributed by atoms with Gasteiger partial charge in [0, 0.05) is 6.20 Å². The molecule has 1 aromatic carbocycles. The molecule has 0 radical (unpaired) electrons. The Labute approximate surface area is 212 Å². The van der Waals surface area contributed by atoms with Crippen LogP contribution in [-0.2, 0) is 23.4 Å². The number of aliphatic hydroxyl groups excluding tert-OH is 1. The lowest BCUT2D eigenvalue weighted by molar-refractivity contribution is -0.203. The number of nitrogens with two attached hydrogens (primary N) is 2. The van der Waals surface area contributed by atoms with Gasteiger partial charge in [-0.2, -0.15) is 10.1 Å². The fourth-order valence-corrected chi connectivity index (χ4v) is 5.06. The van der Waals surface area contributed by atoms with E-state index in [9.17, 15) is 19.3 Å². The van der Waals surface area contributed by atoms with Crippen LogP contribution in [0.15, 0.2) is 47.4 Å². The number of halogens is 1. The quantitative estimate of drug-likeness (QED) is 0.248. The van der Waals surface area contributed by atoms with Crippen LogP contribution in [-0.4, -0.2) is 56.9 Å². The van der Waals surface area contributed by atoms with Crippen molar-refractivity contribution in [2.75, 3.05) is 12.3 Å². The second kappa shape index (κ2) is 10.9. The van der Waals surface area contributed by atoms with Crippen molar-refractivity contribution in [3.63, 3.8) is 0 Å². The van der Waals surface area contributed by atoms with Crippen molar-refractivity contribution >= 4 is 19.5 Å². The Morgan fingerprint density at radius 1 is 1.32 bits per heavy atom.